The van der Waals surface area contributed by atoms with Crippen molar-refractivity contribution in [1.29, 1.82) is 0 Å². The first-order valence-corrected chi connectivity index (χ1v) is 9.18. The Morgan fingerprint density at radius 2 is 2.11 bits per heavy atom. The SMILES string of the molecule is C/C(=N/OCC(=O)NC1CCCCC1C)c1nc2ccccc2n1C(F)F. The molecule has 1 N–H and O–H groups in total. The van der Waals surface area contributed by atoms with Crippen LogP contribution in [0.3, 0.4) is 0 Å². The second-order valence-corrected chi connectivity index (χ2v) is 6.96. The van der Waals surface area contributed by atoms with Gasteiger partial charge in [-0.05, 0) is 37.8 Å². The van der Waals surface area contributed by atoms with E-state index in [1.54, 1.807) is 24.3 Å². The van der Waals surface area contributed by atoms with Gasteiger partial charge in [-0.15, -0.1) is 0 Å². The highest BCUT2D eigenvalue weighted by Crippen LogP contribution is 2.24. The average molecular weight is 378 g/mol. The maximum Gasteiger partial charge on any atom is 0.320 e. The van der Waals surface area contributed by atoms with Gasteiger partial charge in [-0.3, -0.25) is 9.36 Å². The van der Waals surface area contributed by atoms with E-state index in [0.717, 1.165) is 23.8 Å². The van der Waals surface area contributed by atoms with E-state index in [-0.39, 0.29) is 30.1 Å². The first kappa shape index (κ1) is 19.3. The molecule has 0 saturated heterocycles. The number of amides is 1. The molecule has 1 amide bonds. The van der Waals surface area contributed by atoms with Crippen molar-refractivity contribution in [3.05, 3.63) is 30.1 Å². The van der Waals surface area contributed by atoms with E-state index in [0.29, 0.717) is 17.0 Å². The maximum absolute atomic E-state index is 13.5. The summed E-state index contributed by atoms with van der Waals surface area (Å²) in [5.74, 6) is 0.207. The predicted octanol–water partition coefficient (Wildman–Crippen LogP) is 3.87. The van der Waals surface area contributed by atoms with Crippen LogP contribution in [0.2, 0.25) is 0 Å². The van der Waals surface area contributed by atoms with Crippen LogP contribution in [0.5, 0.6) is 0 Å². The summed E-state index contributed by atoms with van der Waals surface area (Å²) in [6.45, 7) is 0.646. The van der Waals surface area contributed by atoms with Gasteiger partial charge in [0.05, 0.1) is 11.0 Å². The van der Waals surface area contributed by atoms with E-state index in [4.69, 9.17) is 4.84 Å². The summed E-state index contributed by atoms with van der Waals surface area (Å²) in [7, 11) is 0. The van der Waals surface area contributed by atoms with Crippen LogP contribution in [0.25, 0.3) is 11.0 Å². The average Bonchev–Trinajstić information content (AvgIpc) is 3.03. The second kappa shape index (κ2) is 8.45. The smallest absolute Gasteiger partial charge is 0.320 e. The third kappa shape index (κ3) is 4.43. The van der Waals surface area contributed by atoms with Gasteiger partial charge in [-0.2, -0.15) is 8.78 Å². The minimum absolute atomic E-state index is 0.0208. The summed E-state index contributed by atoms with van der Waals surface area (Å²) in [4.78, 5) is 21.3. The van der Waals surface area contributed by atoms with Crippen molar-refractivity contribution in [2.24, 2.45) is 11.1 Å². The fraction of sp³-hybridized carbons (Fsp3) is 0.526. The molecule has 0 aliphatic heterocycles. The molecular weight excluding hydrogens is 354 g/mol. The van der Waals surface area contributed by atoms with Crippen molar-refractivity contribution >= 4 is 22.7 Å². The molecule has 0 bridgehead atoms. The number of rotatable bonds is 6. The number of hydrogen-bond acceptors (Lipinski definition) is 4. The minimum Gasteiger partial charge on any atom is -0.385 e. The third-order valence-corrected chi connectivity index (χ3v) is 4.97. The van der Waals surface area contributed by atoms with Crippen LogP contribution in [0.15, 0.2) is 29.4 Å². The van der Waals surface area contributed by atoms with Crippen molar-refractivity contribution < 1.29 is 18.4 Å². The van der Waals surface area contributed by atoms with Gasteiger partial charge in [0.25, 0.3) is 5.91 Å². The molecule has 0 spiro atoms. The van der Waals surface area contributed by atoms with Crippen LogP contribution in [0, 0.1) is 5.92 Å². The molecule has 1 aromatic carbocycles. The van der Waals surface area contributed by atoms with Gasteiger partial charge in [0, 0.05) is 6.04 Å². The lowest BCUT2D eigenvalue weighted by Crippen LogP contribution is -2.42. The lowest BCUT2D eigenvalue weighted by molar-refractivity contribution is -0.126. The van der Waals surface area contributed by atoms with Crippen LogP contribution in [-0.2, 0) is 9.63 Å². The number of nitrogens with zero attached hydrogens (tertiary/aromatic N) is 3. The van der Waals surface area contributed by atoms with Gasteiger partial charge in [0.15, 0.2) is 12.4 Å². The molecule has 1 saturated carbocycles. The molecule has 1 heterocycles. The molecule has 1 aliphatic carbocycles. The van der Waals surface area contributed by atoms with Gasteiger partial charge in [0.2, 0.25) is 0 Å². The Hall–Kier alpha value is -2.51. The van der Waals surface area contributed by atoms with E-state index in [1.807, 2.05) is 0 Å². The molecular formula is C19H24F2N4O2. The molecule has 1 aliphatic rings. The quantitative estimate of drug-likeness (QED) is 0.613. The number of oxime groups is 1. The number of aromatic nitrogens is 2. The van der Waals surface area contributed by atoms with Crippen molar-refractivity contribution in [3.8, 4) is 0 Å². The second-order valence-electron chi connectivity index (χ2n) is 6.96. The van der Waals surface area contributed by atoms with Crippen molar-refractivity contribution in [2.75, 3.05) is 6.61 Å². The summed E-state index contributed by atoms with van der Waals surface area (Å²) in [5, 5.41) is 6.78. The van der Waals surface area contributed by atoms with E-state index in [1.165, 1.54) is 13.3 Å². The van der Waals surface area contributed by atoms with Gasteiger partial charge in [0.1, 0.15) is 5.71 Å². The number of carbonyl (C=O) groups is 1. The summed E-state index contributed by atoms with van der Waals surface area (Å²) in [6, 6.07) is 6.79. The Morgan fingerprint density at radius 3 is 2.85 bits per heavy atom. The first-order valence-electron chi connectivity index (χ1n) is 9.18. The van der Waals surface area contributed by atoms with Crippen molar-refractivity contribution in [1.82, 2.24) is 14.9 Å². The molecule has 0 radical (unpaired) electrons. The Balaban J connectivity index is 1.65. The van der Waals surface area contributed by atoms with E-state index < -0.39 is 6.55 Å². The van der Waals surface area contributed by atoms with E-state index in [2.05, 4.69) is 22.4 Å². The molecule has 146 valence electrons. The molecule has 1 fully saturated rings. The molecule has 2 atom stereocenters. The monoisotopic (exact) mass is 378 g/mol. The van der Waals surface area contributed by atoms with Crippen LogP contribution < -0.4 is 5.32 Å². The molecule has 27 heavy (non-hydrogen) atoms. The highest BCUT2D eigenvalue weighted by atomic mass is 19.3. The number of benzene rings is 1. The number of carbonyl (C=O) groups excluding carboxylic acids is 1. The molecule has 2 aromatic rings. The fourth-order valence-corrected chi connectivity index (χ4v) is 3.50. The Labute approximate surface area is 156 Å². The summed E-state index contributed by atoms with van der Waals surface area (Å²) < 4.78 is 27.7. The summed E-state index contributed by atoms with van der Waals surface area (Å²) in [5.41, 5.74) is 0.956. The molecule has 2 unspecified atom stereocenters. The Kier molecular flexibility index (Phi) is 6.03. The zero-order valence-electron chi connectivity index (χ0n) is 15.5. The number of hydrogen-bond donors (Lipinski definition) is 1. The summed E-state index contributed by atoms with van der Waals surface area (Å²) in [6.07, 6.45) is 4.37. The lowest BCUT2D eigenvalue weighted by Gasteiger charge is -2.29. The zero-order valence-corrected chi connectivity index (χ0v) is 15.5. The van der Waals surface area contributed by atoms with Gasteiger partial charge in [-0.25, -0.2) is 4.98 Å². The summed E-state index contributed by atoms with van der Waals surface area (Å²) >= 11 is 0. The number of alkyl halides is 2. The molecule has 1 aromatic heterocycles. The third-order valence-electron chi connectivity index (χ3n) is 4.97. The number of fused-ring (bicyclic) bond motifs is 1. The topological polar surface area (TPSA) is 68.5 Å². The number of para-hydroxylation sites is 2. The van der Waals surface area contributed by atoms with Gasteiger partial charge in [-0.1, -0.05) is 37.1 Å². The van der Waals surface area contributed by atoms with Crippen LogP contribution in [-0.4, -0.2) is 33.8 Å². The van der Waals surface area contributed by atoms with Gasteiger partial charge >= 0.3 is 6.55 Å². The normalized spacial score (nSPS) is 20.9. The van der Waals surface area contributed by atoms with Crippen LogP contribution in [0.1, 0.15) is 51.9 Å². The molecule has 8 heteroatoms. The van der Waals surface area contributed by atoms with Crippen molar-refractivity contribution in [3.63, 3.8) is 0 Å². The number of imidazole rings is 1. The van der Waals surface area contributed by atoms with Crippen LogP contribution in [0.4, 0.5) is 8.78 Å². The highest BCUT2D eigenvalue weighted by Gasteiger charge is 2.23. The molecule has 6 nitrogen and oxygen atoms in total. The van der Waals surface area contributed by atoms with E-state index in [9.17, 15) is 13.6 Å². The fourth-order valence-electron chi connectivity index (χ4n) is 3.50. The zero-order chi connectivity index (χ0) is 19.4. The van der Waals surface area contributed by atoms with E-state index >= 15 is 0 Å². The molecule has 3 rings (SSSR count). The number of halogens is 2. The van der Waals surface area contributed by atoms with Crippen molar-refractivity contribution in [2.45, 2.75) is 52.1 Å². The van der Waals surface area contributed by atoms with Crippen LogP contribution >= 0.6 is 0 Å². The van der Waals surface area contributed by atoms with Gasteiger partial charge < -0.3 is 10.2 Å². The Morgan fingerprint density at radius 1 is 1.37 bits per heavy atom. The minimum atomic E-state index is -2.76. The lowest BCUT2D eigenvalue weighted by atomic mass is 9.86. The highest BCUT2D eigenvalue weighted by molar-refractivity contribution is 5.98. The number of nitrogens with one attached hydrogen (secondary N) is 1. The maximum atomic E-state index is 13.5. The first-order chi connectivity index (χ1) is 13.0. The predicted molar refractivity (Wildman–Crippen MR) is 98.7 cm³/mol. The Bertz CT molecular complexity index is 834. The largest absolute Gasteiger partial charge is 0.385 e. The standard InChI is InChI=1S/C19H24F2N4O2/c1-12-7-3-4-8-14(12)22-17(26)11-27-24-13(2)18-23-15-9-5-6-10-16(15)25(18)19(20)21/h5-6,9-10,12,14,19H,3-4,7-8,11H2,1-2H3,(H,22,26)/b24-13-.